The number of anilines is 1. The molecule has 1 saturated heterocycles. The highest BCUT2D eigenvalue weighted by atomic mass is 32.2. The molecule has 1 amide bonds. The SMILES string of the molecule is CC(C)(C)[Si](C)(C)OCCc1ccc(N2C[C@H](COS(C)(=O)=O)OC2=O)cc1. The maximum Gasteiger partial charge on any atom is 0.414 e. The first-order chi connectivity index (χ1) is 12.8. The number of carbonyl (C=O) groups is 1. The van der Waals surface area contributed by atoms with Crippen LogP contribution in [-0.4, -0.2) is 54.9 Å². The van der Waals surface area contributed by atoms with E-state index in [2.05, 4.69) is 33.9 Å². The van der Waals surface area contributed by atoms with Gasteiger partial charge in [-0.15, -0.1) is 0 Å². The van der Waals surface area contributed by atoms with Crippen molar-refractivity contribution in [2.45, 2.75) is 51.4 Å². The molecule has 28 heavy (non-hydrogen) atoms. The Labute approximate surface area is 169 Å². The van der Waals surface area contributed by atoms with Gasteiger partial charge in [-0.1, -0.05) is 32.9 Å². The average molecular weight is 430 g/mol. The Hall–Kier alpha value is -1.42. The molecule has 0 N–H and O–H groups in total. The van der Waals surface area contributed by atoms with Crippen LogP contribution in [0.5, 0.6) is 0 Å². The molecule has 0 aromatic heterocycles. The van der Waals surface area contributed by atoms with E-state index in [1.54, 1.807) is 0 Å². The minimum absolute atomic E-state index is 0.177. The summed E-state index contributed by atoms with van der Waals surface area (Å²) in [7, 11) is -5.32. The summed E-state index contributed by atoms with van der Waals surface area (Å²) in [5.74, 6) is 0. The van der Waals surface area contributed by atoms with Gasteiger partial charge in [0.05, 0.1) is 12.8 Å². The second-order valence-corrected chi connectivity index (χ2v) is 15.1. The Balaban J connectivity index is 1.89. The van der Waals surface area contributed by atoms with Gasteiger partial charge in [0.1, 0.15) is 12.7 Å². The number of ether oxygens (including phenoxy) is 1. The average Bonchev–Trinajstić information content (AvgIpc) is 2.93. The summed E-state index contributed by atoms with van der Waals surface area (Å²) in [6.45, 7) is 11.9. The Morgan fingerprint density at radius 1 is 1.21 bits per heavy atom. The van der Waals surface area contributed by atoms with Gasteiger partial charge in [0.25, 0.3) is 10.1 Å². The van der Waals surface area contributed by atoms with E-state index < -0.39 is 30.6 Å². The highest BCUT2D eigenvalue weighted by molar-refractivity contribution is 7.85. The van der Waals surface area contributed by atoms with Gasteiger partial charge in [0, 0.05) is 12.3 Å². The maximum absolute atomic E-state index is 12.1. The summed E-state index contributed by atoms with van der Waals surface area (Å²) in [5.41, 5.74) is 1.84. The quantitative estimate of drug-likeness (QED) is 0.464. The van der Waals surface area contributed by atoms with E-state index in [0.717, 1.165) is 18.2 Å². The van der Waals surface area contributed by atoms with Gasteiger partial charge in [-0.05, 0) is 42.2 Å². The number of hydrogen-bond acceptors (Lipinski definition) is 6. The summed E-state index contributed by atoms with van der Waals surface area (Å²) in [6.07, 6.45) is 0.660. The van der Waals surface area contributed by atoms with Gasteiger partial charge in [0.2, 0.25) is 0 Å². The van der Waals surface area contributed by atoms with Crippen LogP contribution in [0, 0.1) is 0 Å². The molecule has 0 spiro atoms. The van der Waals surface area contributed by atoms with Crippen molar-refractivity contribution in [1.29, 1.82) is 0 Å². The van der Waals surface area contributed by atoms with Crippen molar-refractivity contribution in [2.24, 2.45) is 0 Å². The van der Waals surface area contributed by atoms with E-state index >= 15 is 0 Å². The lowest BCUT2D eigenvalue weighted by Gasteiger charge is -2.36. The highest BCUT2D eigenvalue weighted by Crippen LogP contribution is 2.36. The van der Waals surface area contributed by atoms with Crippen LogP contribution in [0.4, 0.5) is 10.5 Å². The van der Waals surface area contributed by atoms with Crippen LogP contribution < -0.4 is 4.90 Å². The Bertz CT molecular complexity index is 786. The van der Waals surface area contributed by atoms with Gasteiger partial charge in [0.15, 0.2) is 8.32 Å². The van der Waals surface area contributed by atoms with E-state index in [1.165, 1.54) is 4.90 Å². The molecule has 2 rings (SSSR count). The van der Waals surface area contributed by atoms with Crippen LogP contribution >= 0.6 is 0 Å². The number of benzene rings is 1. The van der Waals surface area contributed by atoms with Gasteiger partial charge in [-0.3, -0.25) is 9.08 Å². The smallest absolute Gasteiger partial charge is 0.414 e. The second-order valence-electron chi connectivity index (χ2n) is 8.63. The lowest BCUT2D eigenvalue weighted by atomic mass is 10.1. The van der Waals surface area contributed by atoms with E-state index in [4.69, 9.17) is 13.3 Å². The van der Waals surface area contributed by atoms with Crippen molar-refractivity contribution < 1.29 is 26.6 Å². The van der Waals surface area contributed by atoms with Gasteiger partial charge < -0.3 is 9.16 Å². The summed E-state index contributed by atoms with van der Waals surface area (Å²) >= 11 is 0. The Morgan fingerprint density at radius 3 is 2.36 bits per heavy atom. The summed E-state index contributed by atoms with van der Waals surface area (Å²) in [6, 6.07) is 7.67. The van der Waals surface area contributed by atoms with Gasteiger partial charge in [-0.2, -0.15) is 8.42 Å². The molecule has 1 aromatic rings. The fourth-order valence-corrected chi connectivity index (χ4v) is 3.95. The number of amides is 1. The normalized spacial score (nSPS) is 18.4. The lowest BCUT2D eigenvalue weighted by Crippen LogP contribution is -2.41. The molecule has 0 aliphatic carbocycles. The third-order valence-corrected chi connectivity index (χ3v) is 10.4. The molecule has 1 fully saturated rings. The first-order valence-corrected chi connectivity index (χ1v) is 14.1. The Kier molecular flexibility index (Phi) is 6.96. The highest BCUT2D eigenvalue weighted by Gasteiger charge is 2.37. The van der Waals surface area contributed by atoms with E-state index in [1.807, 2.05) is 24.3 Å². The predicted molar refractivity (Wildman–Crippen MR) is 112 cm³/mol. The second kappa shape index (κ2) is 8.52. The van der Waals surface area contributed by atoms with Crippen molar-refractivity contribution >= 4 is 30.2 Å². The van der Waals surface area contributed by atoms with Crippen LogP contribution in [0.15, 0.2) is 24.3 Å². The molecule has 7 nitrogen and oxygen atoms in total. The zero-order valence-corrected chi connectivity index (χ0v) is 19.3. The minimum atomic E-state index is -3.56. The summed E-state index contributed by atoms with van der Waals surface area (Å²) in [5, 5.41) is 0.185. The molecule has 1 aliphatic heterocycles. The van der Waals surface area contributed by atoms with Crippen molar-refractivity contribution in [3.63, 3.8) is 0 Å². The molecule has 1 heterocycles. The third kappa shape index (κ3) is 6.30. The molecule has 0 saturated carbocycles. The molecule has 158 valence electrons. The zero-order chi connectivity index (χ0) is 21.2. The van der Waals surface area contributed by atoms with Crippen LogP contribution in [-0.2, 0) is 29.9 Å². The molecule has 9 heteroatoms. The van der Waals surface area contributed by atoms with Crippen LogP contribution in [0.25, 0.3) is 0 Å². The fraction of sp³-hybridized carbons (Fsp3) is 0.632. The summed E-state index contributed by atoms with van der Waals surface area (Å²) < 4.78 is 38.2. The standard InChI is InChI=1S/C19H31NO6SSi/c1-19(2,3)28(5,6)25-12-11-15-7-9-16(10-8-15)20-13-17(26-18(20)21)14-24-27(4,22)23/h7-10,17H,11-14H2,1-6H3/t17-/m1/s1. The molecular weight excluding hydrogens is 398 g/mol. The molecular formula is C19H31NO6SSi. The van der Waals surface area contributed by atoms with Crippen molar-refractivity contribution in [1.82, 2.24) is 0 Å². The molecule has 1 atom stereocenters. The van der Waals surface area contributed by atoms with Crippen LogP contribution in [0.3, 0.4) is 0 Å². The largest absolute Gasteiger partial charge is 0.441 e. The zero-order valence-electron chi connectivity index (χ0n) is 17.5. The molecule has 1 aliphatic rings. The summed E-state index contributed by atoms with van der Waals surface area (Å²) in [4.78, 5) is 13.5. The van der Waals surface area contributed by atoms with Crippen molar-refractivity contribution in [3.8, 4) is 0 Å². The molecule has 1 aromatic carbocycles. The van der Waals surface area contributed by atoms with E-state index in [0.29, 0.717) is 12.3 Å². The predicted octanol–water partition coefficient (Wildman–Crippen LogP) is 3.55. The number of carbonyl (C=O) groups excluding carboxylic acids is 1. The van der Waals surface area contributed by atoms with Gasteiger partial charge >= 0.3 is 6.09 Å². The lowest BCUT2D eigenvalue weighted by molar-refractivity contribution is 0.107. The van der Waals surface area contributed by atoms with E-state index in [9.17, 15) is 13.2 Å². The van der Waals surface area contributed by atoms with Crippen molar-refractivity contribution in [2.75, 3.05) is 30.9 Å². The Morgan fingerprint density at radius 2 is 1.82 bits per heavy atom. The fourth-order valence-electron chi connectivity index (χ4n) is 2.50. The van der Waals surface area contributed by atoms with E-state index in [-0.39, 0.29) is 18.2 Å². The molecule has 0 bridgehead atoms. The van der Waals surface area contributed by atoms with Crippen LogP contribution in [0.1, 0.15) is 26.3 Å². The minimum Gasteiger partial charge on any atom is -0.441 e. The first-order valence-electron chi connectivity index (χ1n) is 9.34. The molecule has 0 radical (unpaired) electrons. The maximum atomic E-state index is 12.1. The topological polar surface area (TPSA) is 82.1 Å². The number of hydrogen-bond donors (Lipinski definition) is 0. The first kappa shape index (κ1) is 22.9. The van der Waals surface area contributed by atoms with Crippen LogP contribution in [0.2, 0.25) is 18.1 Å². The number of rotatable bonds is 8. The monoisotopic (exact) mass is 429 g/mol. The van der Waals surface area contributed by atoms with Gasteiger partial charge in [-0.25, -0.2) is 4.79 Å². The van der Waals surface area contributed by atoms with Crippen molar-refractivity contribution in [3.05, 3.63) is 29.8 Å². The number of nitrogens with zero attached hydrogens (tertiary/aromatic N) is 1. The number of cyclic esters (lactones) is 1. The third-order valence-electron chi connectivity index (χ3n) is 5.25. The molecule has 0 unspecified atom stereocenters.